The predicted octanol–water partition coefficient (Wildman–Crippen LogP) is 0.248. The number of rotatable bonds is 1. The highest BCUT2D eigenvalue weighted by molar-refractivity contribution is 5.73. The van der Waals surface area contributed by atoms with Crippen LogP contribution in [-0.4, -0.2) is 18.0 Å². The van der Waals surface area contributed by atoms with Crippen LogP contribution in [0.15, 0.2) is 0 Å². The fourth-order valence-corrected chi connectivity index (χ4v) is 1.45. The maximum atomic E-state index is 10.7. The van der Waals surface area contributed by atoms with Gasteiger partial charge in [-0.15, -0.1) is 0 Å². The van der Waals surface area contributed by atoms with E-state index in [1.165, 1.54) is 0 Å². The average Bonchev–Trinajstić information content (AvgIpc) is 1.87. The molecule has 0 radical (unpaired) electrons. The van der Waals surface area contributed by atoms with E-state index in [1.54, 1.807) is 6.92 Å². The maximum absolute atomic E-state index is 10.7. The summed E-state index contributed by atoms with van der Waals surface area (Å²) in [5.41, 5.74) is 5.85. The molecule has 3 heteroatoms. The molecule has 1 amide bonds. The number of carbonyl (C=O) groups excluding carboxylic acids is 1. The molecule has 0 bridgehead atoms. The molecule has 64 valence electrons. The van der Waals surface area contributed by atoms with Gasteiger partial charge >= 0.3 is 0 Å². The van der Waals surface area contributed by atoms with Crippen LogP contribution in [0, 0.1) is 5.41 Å². The predicted molar refractivity (Wildman–Crippen MR) is 44.0 cm³/mol. The van der Waals surface area contributed by atoms with E-state index < -0.39 is 0 Å². The number of nitrogens with one attached hydrogen (secondary N) is 1. The second kappa shape index (κ2) is 2.48. The average molecular weight is 156 g/mol. The molecule has 0 aromatic rings. The lowest BCUT2D eigenvalue weighted by Gasteiger charge is -2.50. The van der Waals surface area contributed by atoms with E-state index in [-0.39, 0.29) is 23.4 Å². The molecule has 3 N–H and O–H groups in total. The number of hydrogen-bond donors (Lipinski definition) is 2. The van der Waals surface area contributed by atoms with E-state index >= 15 is 0 Å². The third kappa shape index (κ3) is 1.38. The Morgan fingerprint density at radius 3 is 2.45 bits per heavy atom. The van der Waals surface area contributed by atoms with Crippen LogP contribution in [-0.2, 0) is 4.79 Å². The highest BCUT2D eigenvalue weighted by atomic mass is 16.1. The Labute approximate surface area is 67.3 Å². The van der Waals surface area contributed by atoms with Crippen LogP contribution in [0.4, 0.5) is 0 Å². The van der Waals surface area contributed by atoms with Gasteiger partial charge in [0, 0.05) is 24.4 Å². The first-order chi connectivity index (χ1) is 4.94. The summed E-state index contributed by atoms with van der Waals surface area (Å²) in [5, 5.41) is 2.88. The summed E-state index contributed by atoms with van der Waals surface area (Å²) in [7, 11) is 0. The van der Waals surface area contributed by atoms with Crippen molar-refractivity contribution in [3.63, 3.8) is 0 Å². The molecular weight excluding hydrogens is 140 g/mol. The Hall–Kier alpha value is -0.570. The van der Waals surface area contributed by atoms with Crippen molar-refractivity contribution in [2.45, 2.75) is 39.3 Å². The first-order valence-corrected chi connectivity index (χ1v) is 3.97. The summed E-state index contributed by atoms with van der Waals surface area (Å²) in [4.78, 5) is 10.7. The number of carbonyl (C=O) groups is 1. The molecule has 3 nitrogen and oxygen atoms in total. The van der Waals surface area contributed by atoms with Gasteiger partial charge in [0.1, 0.15) is 0 Å². The lowest BCUT2D eigenvalue weighted by Crippen LogP contribution is -2.64. The van der Waals surface area contributed by atoms with Gasteiger partial charge in [-0.25, -0.2) is 0 Å². The van der Waals surface area contributed by atoms with Gasteiger partial charge in [-0.05, 0) is 6.42 Å². The van der Waals surface area contributed by atoms with Gasteiger partial charge in [-0.1, -0.05) is 13.8 Å². The van der Waals surface area contributed by atoms with Gasteiger partial charge in [0.05, 0.1) is 0 Å². The Morgan fingerprint density at radius 2 is 2.18 bits per heavy atom. The second-order valence-electron chi connectivity index (χ2n) is 3.92. The molecule has 1 fully saturated rings. The van der Waals surface area contributed by atoms with Crippen molar-refractivity contribution in [2.75, 3.05) is 0 Å². The summed E-state index contributed by atoms with van der Waals surface area (Å²) in [5.74, 6) is 0.0370. The zero-order valence-corrected chi connectivity index (χ0v) is 7.35. The summed E-state index contributed by atoms with van der Waals surface area (Å²) >= 11 is 0. The van der Waals surface area contributed by atoms with Crippen molar-refractivity contribution in [3.05, 3.63) is 0 Å². The minimum atomic E-state index is 0.0370. The largest absolute Gasteiger partial charge is 0.353 e. The summed E-state index contributed by atoms with van der Waals surface area (Å²) in [6.07, 6.45) is 0.909. The van der Waals surface area contributed by atoms with E-state index in [0.29, 0.717) is 0 Å². The Morgan fingerprint density at radius 1 is 1.64 bits per heavy atom. The molecule has 0 aliphatic heterocycles. The molecule has 2 unspecified atom stereocenters. The SMILES string of the molecule is CC(=O)NC1CC(N)C1(C)C. The lowest BCUT2D eigenvalue weighted by atomic mass is 9.63. The van der Waals surface area contributed by atoms with Gasteiger partial charge in [0.25, 0.3) is 0 Å². The van der Waals surface area contributed by atoms with Crippen LogP contribution < -0.4 is 11.1 Å². The van der Waals surface area contributed by atoms with Gasteiger partial charge in [-0.2, -0.15) is 0 Å². The standard InChI is InChI=1S/C8H16N2O/c1-5(11)10-7-4-6(9)8(7,2)3/h6-7H,4,9H2,1-3H3,(H,10,11). The Balaban J connectivity index is 2.46. The zero-order chi connectivity index (χ0) is 8.65. The number of hydrogen-bond acceptors (Lipinski definition) is 2. The fourth-order valence-electron chi connectivity index (χ4n) is 1.45. The molecule has 1 rings (SSSR count). The first kappa shape index (κ1) is 8.53. The molecule has 11 heavy (non-hydrogen) atoms. The van der Waals surface area contributed by atoms with E-state index in [9.17, 15) is 4.79 Å². The van der Waals surface area contributed by atoms with Crippen molar-refractivity contribution in [3.8, 4) is 0 Å². The van der Waals surface area contributed by atoms with Gasteiger partial charge < -0.3 is 11.1 Å². The van der Waals surface area contributed by atoms with Crippen molar-refractivity contribution in [1.82, 2.24) is 5.32 Å². The normalized spacial score (nSPS) is 34.2. The molecule has 0 heterocycles. The molecule has 1 saturated carbocycles. The van der Waals surface area contributed by atoms with Crippen molar-refractivity contribution >= 4 is 5.91 Å². The van der Waals surface area contributed by atoms with Gasteiger partial charge in [-0.3, -0.25) is 4.79 Å². The monoisotopic (exact) mass is 156 g/mol. The van der Waals surface area contributed by atoms with Crippen LogP contribution in [0.2, 0.25) is 0 Å². The summed E-state index contributed by atoms with van der Waals surface area (Å²) in [6, 6.07) is 0.509. The minimum Gasteiger partial charge on any atom is -0.353 e. The number of nitrogens with two attached hydrogens (primary N) is 1. The molecule has 0 aromatic carbocycles. The minimum absolute atomic E-state index is 0.0370. The molecule has 1 aliphatic carbocycles. The van der Waals surface area contributed by atoms with E-state index in [0.717, 1.165) is 6.42 Å². The smallest absolute Gasteiger partial charge is 0.217 e. The summed E-state index contributed by atoms with van der Waals surface area (Å²) in [6.45, 7) is 5.71. The highest BCUT2D eigenvalue weighted by Gasteiger charge is 2.46. The first-order valence-electron chi connectivity index (χ1n) is 3.97. The zero-order valence-electron chi connectivity index (χ0n) is 7.35. The van der Waals surface area contributed by atoms with Crippen LogP contribution >= 0.6 is 0 Å². The lowest BCUT2D eigenvalue weighted by molar-refractivity contribution is -0.122. The third-order valence-electron chi connectivity index (χ3n) is 2.72. The highest BCUT2D eigenvalue weighted by Crippen LogP contribution is 2.38. The Kier molecular flexibility index (Phi) is 1.92. The van der Waals surface area contributed by atoms with Crippen LogP contribution in [0.5, 0.6) is 0 Å². The van der Waals surface area contributed by atoms with Crippen molar-refractivity contribution in [2.24, 2.45) is 11.1 Å². The van der Waals surface area contributed by atoms with Crippen LogP contribution in [0.1, 0.15) is 27.2 Å². The van der Waals surface area contributed by atoms with Crippen LogP contribution in [0.3, 0.4) is 0 Å². The molecule has 0 aromatic heterocycles. The van der Waals surface area contributed by atoms with Crippen molar-refractivity contribution in [1.29, 1.82) is 0 Å². The number of amides is 1. The molecule has 0 spiro atoms. The molecule has 1 aliphatic rings. The van der Waals surface area contributed by atoms with E-state index in [4.69, 9.17) is 5.73 Å². The topological polar surface area (TPSA) is 55.1 Å². The van der Waals surface area contributed by atoms with Gasteiger partial charge in [0.2, 0.25) is 5.91 Å². The summed E-state index contributed by atoms with van der Waals surface area (Å²) < 4.78 is 0. The molecular formula is C8H16N2O. The van der Waals surface area contributed by atoms with E-state index in [1.807, 2.05) is 0 Å². The molecule has 2 atom stereocenters. The van der Waals surface area contributed by atoms with Crippen LogP contribution in [0.25, 0.3) is 0 Å². The maximum Gasteiger partial charge on any atom is 0.217 e. The van der Waals surface area contributed by atoms with Crippen molar-refractivity contribution < 1.29 is 4.79 Å². The van der Waals surface area contributed by atoms with Gasteiger partial charge in [0.15, 0.2) is 0 Å². The quantitative estimate of drug-likeness (QED) is 0.571. The second-order valence-corrected chi connectivity index (χ2v) is 3.92. The third-order valence-corrected chi connectivity index (χ3v) is 2.72. The van der Waals surface area contributed by atoms with E-state index in [2.05, 4.69) is 19.2 Å². The fraction of sp³-hybridized carbons (Fsp3) is 0.875. The Bertz CT molecular complexity index is 177. The molecule has 0 saturated heterocycles.